The molecule has 0 aliphatic heterocycles. The van der Waals surface area contributed by atoms with E-state index in [0.29, 0.717) is 23.9 Å². The van der Waals surface area contributed by atoms with Gasteiger partial charge in [-0.1, -0.05) is 38.8 Å². The van der Waals surface area contributed by atoms with Gasteiger partial charge in [-0.2, -0.15) is 0 Å². The van der Waals surface area contributed by atoms with Gasteiger partial charge in [-0.15, -0.1) is 0 Å². The highest BCUT2D eigenvalue weighted by Gasteiger charge is 2.57. The van der Waals surface area contributed by atoms with Gasteiger partial charge in [0.2, 0.25) is 0 Å². The number of hydrogen-bond acceptors (Lipinski definition) is 3. The van der Waals surface area contributed by atoms with E-state index in [-0.39, 0.29) is 18.0 Å². The maximum Gasteiger partial charge on any atom is 0.302 e. The summed E-state index contributed by atoms with van der Waals surface area (Å²) >= 11 is 0. The molecule has 0 unspecified atom stereocenters. The normalized spacial score (nSPS) is 45.6. The van der Waals surface area contributed by atoms with Gasteiger partial charge in [0.05, 0.1) is 13.2 Å². The number of aliphatic hydroxyl groups excluding tert-OH is 1. The van der Waals surface area contributed by atoms with Crippen LogP contribution in [-0.2, 0) is 9.53 Å². The van der Waals surface area contributed by atoms with Gasteiger partial charge in [0.25, 0.3) is 0 Å². The van der Waals surface area contributed by atoms with Crippen molar-refractivity contribution < 1.29 is 14.6 Å². The average molecular weight is 349 g/mol. The van der Waals surface area contributed by atoms with Crippen LogP contribution in [-0.4, -0.2) is 24.3 Å². The van der Waals surface area contributed by atoms with Crippen molar-refractivity contribution in [2.24, 2.45) is 34.5 Å². The monoisotopic (exact) mass is 348 g/mol. The largest absolute Gasteiger partial charge is 0.465 e. The summed E-state index contributed by atoms with van der Waals surface area (Å²) in [5.41, 5.74) is 1.98. The summed E-state index contributed by atoms with van der Waals surface area (Å²) in [5.74, 6) is 2.64. The van der Waals surface area contributed by atoms with Crippen molar-refractivity contribution >= 4 is 5.97 Å². The molecule has 0 heterocycles. The van der Waals surface area contributed by atoms with Gasteiger partial charge in [-0.25, -0.2) is 0 Å². The molecule has 0 radical (unpaired) electrons. The molecule has 0 aromatic heterocycles. The molecule has 3 fully saturated rings. The SMILES string of the molecule is CC(=O)OC[C@]1(C)CCC[C@]2(C)[C@H]3CC/C(=C\CO)[C@H](C)[C@@H]3CC[C@@H]12. The van der Waals surface area contributed by atoms with Gasteiger partial charge in [0.15, 0.2) is 0 Å². The Morgan fingerprint density at radius 2 is 2.04 bits per heavy atom. The Kier molecular flexibility index (Phi) is 5.35. The van der Waals surface area contributed by atoms with E-state index in [9.17, 15) is 9.90 Å². The summed E-state index contributed by atoms with van der Waals surface area (Å²) in [6.45, 7) is 9.57. The van der Waals surface area contributed by atoms with Crippen LogP contribution in [0.15, 0.2) is 11.6 Å². The topological polar surface area (TPSA) is 46.5 Å². The number of carbonyl (C=O) groups excluding carboxylic acids is 1. The summed E-state index contributed by atoms with van der Waals surface area (Å²) in [6.07, 6.45) is 10.8. The highest BCUT2D eigenvalue weighted by atomic mass is 16.5. The molecule has 0 amide bonds. The molecule has 3 nitrogen and oxygen atoms in total. The smallest absolute Gasteiger partial charge is 0.302 e. The van der Waals surface area contributed by atoms with E-state index in [1.807, 2.05) is 0 Å². The lowest BCUT2D eigenvalue weighted by atomic mass is 9.43. The van der Waals surface area contributed by atoms with Crippen molar-refractivity contribution in [3.8, 4) is 0 Å². The van der Waals surface area contributed by atoms with Crippen LogP contribution >= 0.6 is 0 Å². The Labute approximate surface area is 153 Å². The molecule has 3 aliphatic rings. The fraction of sp³-hybridized carbons (Fsp3) is 0.864. The number of fused-ring (bicyclic) bond motifs is 3. The Morgan fingerprint density at radius 3 is 2.72 bits per heavy atom. The van der Waals surface area contributed by atoms with E-state index in [1.165, 1.54) is 51.0 Å². The van der Waals surface area contributed by atoms with E-state index in [1.54, 1.807) is 0 Å². The number of esters is 1. The van der Waals surface area contributed by atoms with Crippen LogP contribution in [0.5, 0.6) is 0 Å². The zero-order chi connectivity index (χ0) is 18.2. The van der Waals surface area contributed by atoms with E-state index < -0.39 is 0 Å². The Morgan fingerprint density at radius 1 is 1.28 bits per heavy atom. The van der Waals surface area contributed by atoms with Crippen LogP contribution < -0.4 is 0 Å². The Balaban J connectivity index is 1.84. The lowest BCUT2D eigenvalue weighted by Crippen LogP contribution is -2.55. The van der Waals surface area contributed by atoms with E-state index in [2.05, 4.69) is 26.8 Å². The molecule has 0 spiro atoms. The molecule has 0 saturated heterocycles. The molecule has 25 heavy (non-hydrogen) atoms. The molecule has 142 valence electrons. The van der Waals surface area contributed by atoms with Gasteiger partial charge >= 0.3 is 5.97 Å². The molecule has 0 bridgehead atoms. The first kappa shape index (κ1) is 18.9. The highest BCUT2D eigenvalue weighted by Crippen LogP contribution is 2.65. The summed E-state index contributed by atoms with van der Waals surface area (Å²) < 4.78 is 5.51. The second kappa shape index (κ2) is 7.06. The second-order valence-electron chi connectivity index (χ2n) is 9.48. The quantitative estimate of drug-likeness (QED) is 0.592. The van der Waals surface area contributed by atoms with E-state index >= 15 is 0 Å². The fourth-order valence-corrected chi connectivity index (χ4v) is 7.00. The molecule has 3 heteroatoms. The minimum atomic E-state index is -0.146. The molecular weight excluding hydrogens is 312 g/mol. The molecule has 3 saturated carbocycles. The van der Waals surface area contributed by atoms with Crippen LogP contribution in [0.1, 0.15) is 72.6 Å². The van der Waals surface area contributed by atoms with Crippen molar-refractivity contribution in [1.29, 1.82) is 0 Å². The third-order valence-corrected chi connectivity index (χ3v) is 8.18. The van der Waals surface area contributed by atoms with Gasteiger partial charge in [0, 0.05) is 12.3 Å². The molecule has 0 aromatic carbocycles. The van der Waals surface area contributed by atoms with Crippen LogP contribution in [0.2, 0.25) is 0 Å². The minimum Gasteiger partial charge on any atom is -0.465 e. The molecule has 3 aliphatic carbocycles. The number of rotatable bonds is 3. The maximum absolute atomic E-state index is 11.4. The summed E-state index contributed by atoms with van der Waals surface area (Å²) in [6, 6.07) is 0. The molecule has 0 aromatic rings. The van der Waals surface area contributed by atoms with E-state index in [4.69, 9.17) is 4.74 Å². The Hall–Kier alpha value is -0.830. The van der Waals surface area contributed by atoms with Gasteiger partial charge < -0.3 is 9.84 Å². The zero-order valence-electron chi connectivity index (χ0n) is 16.5. The third kappa shape index (κ3) is 3.29. The van der Waals surface area contributed by atoms with Crippen LogP contribution in [0.25, 0.3) is 0 Å². The molecular formula is C22H36O3. The summed E-state index contributed by atoms with van der Waals surface area (Å²) in [7, 11) is 0. The number of hydrogen-bond donors (Lipinski definition) is 1. The predicted molar refractivity (Wildman–Crippen MR) is 100.0 cm³/mol. The van der Waals surface area contributed by atoms with Crippen molar-refractivity contribution in [3.63, 3.8) is 0 Å². The summed E-state index contributed by atoms with van der Waals surface area (Å²) in [5, 5.41) is 9.33. The summed E-state index contributed by atoms with van der Waals surface area (Å²) in [4.78, 5) is 11.4. The van der Waals surface area contributed by atoms with Gasteiger partial charge in [-0.3, -0.25) is 4.79 Å². The average Bonchev–Trinajstić information content (AvgIpc) is 2.56. The Bertz CT molecular complexity index is 539. The van der Waals surface area contributed by atoms with Crippen molar-refractivity contribution in [1.82, 2.24) is 0 Å². The standard InChI is InChI=1S/C22H36O3/c1-15-17(10-13-23)6-8-19-18(15)7-9-20-21(3,14-25-16(2)24)11-5-12-22(19,20)4/h10,15,18-20,23H,5-9,11-14H2,1-4H3/b17-10+/t15-,18-,19-,20-,21-,22+/m0/s1. The fourth-order valence-electron chi connectivity index (χ4n) is 7.00. The molecule has 1 N–H and O–H groups in total. The first-order chi connectivity index (χ1) is 11.8. The number of allylic oxidation sites excluding steroid dienone is 1. The lowest BCUT2D eigenvalue weighted by Gasteiger charge is -2.62. The van der Waals surface area contributed by atoms with Crippen LogP contribution in [0.3, 0.4) is 0 Å². The van der Waals surface area contributed by atoms with E-state index in [0.717, 1.165) is 18.3 Å². The first-order valence-electron chi connectivity index (χ1n) is 10.2. The van der Waals surface area contributed by atoms with Crippen LogP contribution in [0.4, 0.5) is 0 Å². The number of carbonyl (C=O) groups is 1. The van der Waals surface area contributed by atoms with Crippen molar-refractivity contribution in [3.05, 3.63) is 11.6 Å². The van der Waals surface area contributed by atoms with Crippen LogP contribution in [0, 0.1) is 34.5 Å². The molecule has 6 atom stereocenters. The van der Waals surface area contributed by atoms with Gasteiger partial charge in [0.1, 0.15) is 0 Å². The van der Waals surface area contributed by atoms with Gasteiger partial charge in [-0.05, 0) is 67.6 Å². The highest BCUT2D eigenvalue weighted by molar-refractivity contribution is 5.65. The third-order valence-electron chi connectivity index (χ3n) is 8.18. The first-order valence-corrected chi connectivity index (χ1v) is 10.2. The van der Waals surface area contributed by atoms with Crippen molar-refractivity contribution in [2.45, 2.75) is 72.6 Å². The predicted octanol–water partition coefficient (Wildman–Crippen LogP) is 4.74. The van der Waals surface area contributed by atoms with Crippen molar-refractivity contribution in [2.75, 3.05) is 13.2 Å². The zero-order valence-corrected chi connectivity index (χ0v) is 16.5. The lowest BCUT2D eigenvalue weighted by molar-refractivity contribution is -0.161. The number of aliphatic hydroxyl groups is 1. The minimum absolute atomic E-state index is 0.133. The maximum atomic E-state index is 11.4. The number of ether oxygens (including phenoxy) is 1. The second-order valence-corrected chi connectivity index (χ2v) is 9.48. The molecule has 3 rings (SSSR count).